The van der Waals surface area contributed by atoms with E-state index in [1.807, 2.05) is 36.5 Å². The third-order valence-corrected chi connectivity index (χ3v) is 10.1. The summed E-state index contributed by atoms with van der Waals surface area (Å²) in [6.45, 7) is 10.2. The molecule has 0 saturated carbocycles. The highest BCUT2D eigenvalue weighted by Crippen LogP contribution is 2.27. The second-order valence-corrected chi connectivity index (χ2v) is 15.2. The molecule has 1 saturated heterocycles. The number of carbonyl (C=O) groups is 3. The summed E-state index contributed by atoms with van der Waals surface area (Å²) in [5, 5.41) is 6.44. The van der Waals surface area contributed by atoms with E-state index in [-0.39, 0.29) is 23.8 Å². The zero-order valence-electron chi connectivity index (χ0n) is 27.0. The minimum absolute atomic E-state index is 0.182. The van der Waals surface area contributed by atoms with Crippen LogP contribution in [0.4, 0.5) is 4.79 Å². The number of sulfonamides is 1. The van der Waals surface area contributed by atoms with Gasteiger partial charge in [0, 0.05) is 49.7 Å². The van der Waals surface area contributed by atoms with Crippen LogP contribution in [0.15, 0.2) is 53.6 Å². The van der Waals surface area contributed by atoms with E-state index in [0.717, 1.165) is 27.6 Å². The number of nitrogens with zero attached hydrogens (tertiary/aromatic N) is 2. The zero-order chi connectivity index (χ0) is 33.3. The molecule has 0 aliphatic carbocycles. The number of rotatable bonds is 8. The third-order valence-electron chi connectivity index (χ3n) is 8.19. The van der Waals surface area contributed by atoms with Crippen molar-refractivity contribution in [2.45, 2.75) is 76.1 Å². The number of carbonyl (C=O) groups excluding carboxylic acids is 3. The summed E-state index contributed by atoms with van der Waals surface area (Å²) >= 11 is 0. The highest BCUT2D eigenvalue weighted by molar-refractivity contribution is 7.89. The van der Waals surface area contributed by atoms with Gasteiger partial charge in [-0.3, -0.25) is 9.59 Å². The molecule has 46 heavy (non-hydrogen) atoms. The first kappa shape index (κ1) is 33.4. The summed E-state index contributed by atoms with van der Waals surface area (Å²) < 4.78 is 38.8. The Hall–Kier alpha value is -3.94. The fraction of sp³-hybridized carbons (Fsp3) is 0.485. The average molecular weight is 654 g/mol. The largest absolute Gasteiger partial charge is 0.444 e. The van der Waals surface area contributed by atoms with Gasteiger partial charge in [0.15, 0.2) is 0 Å². The highest BCUT2D eigenvalue weighted by Gasteiger charge is 2.37. The van der Waals surface area contributed by atoms with Gasteiger partial charge in [-0.05, 0) is 75.9 Å². The Morgan fingerprint density at radius 2 is 1.72 bits per heavy atom. The fourth-order valence-electron chi connectivity index (χ4n) is 5.71. The van der Waals surface area contributed by atoms with E-state index in [2.05, 4.69) is 15.6 Å². The van der Waals surface area contributed by atoms with Crippen LogP contribution in [0.3, 0.4) is 0 Å². The average Bonchev–Trinajstić information content (AvgIpc) is 3.41. The van der Waals surface area contributed by atoms with E-state index in [1.165, 1.54) is 4.31 Å². The Labute approximate surface area is 269 Å². The summed E-state index contributed by atoms with van der Waals surface area (Å²) in [5.41, 5.74) is 1.34. The summed E-state index contributed by atoms with van der Waals surface area (Å²) in [6.07, 6.45) is 1.82. The molecule has 3 N–H and O–H groups in total. The lowest BCUT2D eigenvalue weighted by molar-refractivity contribution is -0.138. The SMILES string of the molecule is CC(C)(C)OC(=O)NC(C)(C)C(=O)N[C@H](Cc1c[nH]c2ccccc12)C(=O)N1CCc2ccc(S(=O)(=O)N3CCOCC3)cc2C1. The van der Waals surface area contributed by atoms with Gasteiger partial charge >= 0.3 is 6.09 Å². The normalized spacial score (nSPS) is 16.8. The minimum atomic E-state index is -3.71. The number of alkyl carbamates (subject to hydrolysis) is 1. The van der Waals surface area contributed by atoms with E-state index in [4.69, 9.17) is 9.47 Å². The number of nitrogens with one attached hydrogen (secondary N) is 3. The van der Waals surface area contributed by atoms with Crippen molar-refractivity contribution in [2.24, 2.45) is 0 Å². The van der Waals surface area contributed by atoms with Crippen LogP contribution in [0.25, 0.3) is 10.9 Å². The van der Waals surface area contributed by atoms with Crippen molar-refractivity contribution in [1.82, 2.24) is 24.8 Å². The van der Waals surface area contributed by atoms with Crippen molar-refractivity contribution in [2.75, 3.05) is 32.8 Å². The number of fused-ring (bicyclic) bond motifs is 2. The molecule has 2 aliphatic heterocycles. The number of aromatic amines is 1. The lowest BCUT2D eigenvalue weighted by atomic mass is 9.97. The predicted octanol–water partition coefficient (Wildman–Crippen LogP) is 3.10. The van der Waals surface area contributed by atoms with Gasteiger partial charge in [-0.25, -0.2) is 13.2 Å². The predicted molar refractivity (Wildman–Crippen MR) is 173 cm³/mol. The molecule has 2 aliphatic rings. The Morgan fingerprint density at radius 3 is 2.43 bits per heavy atom. The van der Waals surface area contributed by atoms with E-state index < -0.39 is 39.2 Å². The van der Waals surface area contributed by atoms with Crippen molar-refractivity contribution >= 4 is 38.8 Å². The molecule has 5 rings (SSSR count). The van der Waals surface area contributed by atoms with Crippen molar-refractivity contribution in [3.8, 4) is 0 Å². The molecule has 0 radical (unpaired) electrons. The molecule has 1 atom stereocenters. The number of benzene rings is 2. The first-order chi connectivity index (χ1) is 21.6. The lowest BCUT2D eigenvalue weighted by Crippen LogP contribution is -2.60. The van der Waals surface area contributed by atoms with Gasteiger partial charge in [-0.2, -0.15) is 4.31 Å². The van der Waals surface area contributed by atoms with Crippen LogP contribution in [0.1, 0.15) is 51.3 Å². The van der Waals surface area contributed by atoms with Crippen molar-refractivity contribution in [1.29, 1.82) is 0 Å². The number of H-pyrrole nitrogens is 1. The number of aromatic nitrogens is 1. The Morgan fingerprint density at radius 1 is 1.00 bits per heavy atom. The maximum absolute atomic E-state index is 14.2. The molecule has 1 aromatic heterocycles. The summed E-state index contributed by atoms with van der Waals surface area (Å²) in [5.74, 6) is -0.855. The fourth-order valence-corrected chi connectivity index (χ4v) is 7.17. The van der Waals surface area contributed by atoms with Crippen LogP contribution in [0.5, 0.6) is 0 Å². The van der Waals surface area contributed by atoms with Crippen LogP contribution < -0.4 is 10.6 Å². The van der Waals surface area contributed by atoms with Gasteiger partial charge in [0.2, 0.25) is 21.8 Å². The van der Waals surface area contributed by atoms with E-state index in [0.29, 0.717) is 39.3 Å². The topological polar surface area (TPSA) is 150 Å². The lowest BCUT2D eigenvalue weighted by Gasteiger charge is -2.34. The molecule has 248 valence electrons. The molecule has 2 aromatic carbocycles. The second-order valence-electron chi connectivity index (χ2n) is 13.3. The van der Waals surface area contributed by atoms with Gasteiger partial charge < -0.3 is 30.0 Å². The van der Waals surface area contributed by atoms with Crippen molar-refractivity contribution in [3.05, 3.63) is 65.4 Å². The maximum Gasteiger partial charge on any atom is 0.408 e. The first-order valence-corrected chi connectivity index (χ1v) is 16.9. The van der Waals surface area contributed by atoms with E-state index in [1.54, 1.807) is 51.7 Å². The molecule has 0 unspecified atom stereocenters. The van der Waals surface area contributed by atoms with Gasteiger partial charge in [0.25, 0.3) is 0 Å². The standard InChI is InChI=1S/C33H43N5O7S/c1-32(2,3)45-31(41)36-33(4,5)30(40)35-28(19-23-20-34-27-9-7-6-8-26(23)27)29(39)37-13-12-22-10-11-25(18-24(22)21-37)46(42,43)38-14-16-44-17-15-38/h6-11,18,20,28,34H,12-17,19,21H2,1-5H3,(H,35,40)(H,36,41)/t28-/m1/s1. The van der Waals surface area contributed by atoms with Gasteiger partial charge in [0.05, 0.1) is 18.1 Å². The Balaban J connectivity index is 1.38. The van der Waals surface area contributed by atoms with Crippen LogP contribution in [0, 0.1) is 0 Å². The molecular formula is C33H43N5O7S. The maximum atomic E-state index is 14.2. The van der Waals surface area contributed by atoms with Crippen LogP contribution >= 0.6 is 0 Å². The quantitative estimate of drug-likeness (QED) is 0.338. The second kappa shape index (κ2) is 13.0. The molecule has 1 fully saturated rings. The molecule has 0 bridgehead atoms. The zero-order valence-corrected chi connectivity index (χ0v) is 27.8. The van der Waals surface area contributed by atoms with Crippen molar-refractivity contribution in [3.63, 3.8) is 0 Å². The third kappa shape index (κ3) is 7.54. The van der Waals surface area contributed by atoms with E-state index in [9.17, 15) is 22.8 Å². The Bertz CT molecular complexity index is 1720. The number of hydrogen-bond donors (Lipinski definition) is 3. The number of para-hydroxylation sites is 1. The Kier molecular flexibility index (Phi) is 9.48. The molecule has 0 spiro atoms. The molecule has 12 nitrogen and oxygen atoms in total. The van der Waals surface area contributed by atoms with Crippen LogP contribution in [-0.4, -0.2) is 90.5 Å². The number of ether oxygens (including phenoxy) is 2. The monoisotopic (exact) mass is 653 g/mol. The number of amides is 3. The van der Waals surface area contributed by atoms with E-state index >= 15 is 0 Å². The first-order valence-electron chi connectivity index (χ1n) is 15.5. The number of hydrogen-bond acceptors (Lipinski definition) is 7. The number of morpholine rings is 1. The molecule has 13 heteroatoms. The molecule has 3 amide bonds. The smallest absolute Gasteiger partial charge is 0.408 e. The molecule has 3 heterocycles. The highest BCUT2D eigenvalue weighted by atomic mass is 32.2. The van der Waals surface area contributed by atoms with Crippen LogP contribution in [-0.2, 0) is 48.5 Å². The molecule has 3 aromatic rings. The van der Waals surface area contributed by atoms with Gasteiger partial charge in [0.1, 0.15) is 17.2 Å². The van der Waals surface area contributed by atoms with Crippen LogP contribution in [0.2, 0.25) is 0 Å². The van der Waals surface area contributed by atoms with Gasteiger partial charge in [-0.1, -0.05) is 24.3 Å². The molecular weight excluding hydrogens is 610 g/mol. The summed E-state index contributed by atoms with van der Waals surface area (Å²) in [4.78, 5) is 45.4. The summed E-state index contributed by atoms with van der Waals surface area (Å²) in [7, 11) is -3.71. The van der Waals surface area contributed by atoms with Crippen molar-refractivity contribution < 1.29 is 32.3 Å². The summed E-state index contributed by atoms with van der Waals surface area (Å²) in [6, 6.07) is 11.8. The minimum Gasteiger partial charge on any atom is -0.444 e. The van der Waals surface area contributed by atoms with Gasteiger partial charge in [-0.15, -0.1) is 0 Å².